The predicted molar refractivity (Wildman–Crippen MR) is 56.4 cm³/mol. The van der Waals surface area contributed by atoms with Gasteiger partial charge in [0.05, 0.1) is 24.9 Å². The summed E-state index contributed by atoms with van der Waals surface area (Å²) in [5.41, 5.74) is -2.28. The molecule has 0 radical (unpaired) electrons. The van der Waals surface area contributed by atoms with Gasteiger partial charge in [-0.2, -0.15) is 0 Å². The lowest BCUT2D eigenvalue weighted by atomic mass is 9.71. The number of hydrogen-bond acceptors (Lipinski definition) is 7. The van der Waals surface area contributed by atoms with Crippen LogP contribution in [0.15, 0.2) is 0 Å². The van der Waals surface area contributed by atoms with E-state index in [2.05, 4.69) is 0 Å². The summed E-state index contributed by atoms with van der Waals surface area (Å²) in [5, 5.41) is 65.4. The maximum atomic E-state index is 10.9. The molecular formula is C10H18O8. The number of carboxylic acid groups (broad SMARTS) is 1. The molecule has 0 heterocycles. The van der Waals surface area contributed by atoms with Crippen molar-refractivity contribution in [1.29, 1.82) is 0 Å². The molecule has 1 rings (SSSR count). The van der Waals surface area contributed by atoms with Crippen LogP contribution < -0.4 is 0 Å². The summed E-state index contributed by atoms with van der Waals surface area (Å²) in [4.78, 5) is 10.9. The topological polar surface area (TPSA) is 159 Å². The van der Waals surface area contributed by atoms with Gasteiger partial charge < -0.3 is 35.7 Å². The summed E-state index contributed by atoms with van der Waals surface area (Å²) in [7, 11) is 0. The van der Waals surface area contributed by atoms with Crippen LogP contribution in [0.2, 0.25) is 0 Å². The highest BCUT2D eigenvalue weighted by molar-refractivity contribution is 5.77. The van der Waals surface area contributed by atoms with Crippen LogP contribution in [0.25, 0.3) is 0 Å². The molecule has 6 unspecified atom stereocenters. The molecule has 0 amide bonds. The molecule has 1 saturated carbocycles. The minimum Gasteiger partial charge on any atom is -0.479 e. The van der Waals surface area contributed by atoms with Crippen LogP contribution in [0.5, 0.6) is 0 Å². The van der Waals surface area contributed by atoms with Crippen LogP contribution in [0.4, 0.5) is 0 Å². The highest BCUT2D eigenvalue weighted by atomic mass is 16.4. The van der Waals surface area contributed by atoms with E-state index in [1.165, 1.54) is 0 Å². The van der Waals surface area contributed by atoms with E-state index in [1.807, 2.05) is 0 Å². The molecule has 8 nitrogen and oxygen atoms in total. The fraction of sp³-hybridized carbons (Fsp3) is 0.900. The lowest BCUT2D eigenvalue weighted by Crippen LogP contribution is -2.58. The predicted octanol–water partition coefficient (Wildman–Crippen LogP) is -3.35. The van der Waals surface area contributed by atoms with Crippen molar-refractivity contribution in [2.45, 2.75) is 42.9 Å². The molecule has 0 aliphatic heterocycles. The highest BCUT2D eigenvalue weighted by Gasteiger charge is 2.51. The molecule has 8 heteroatoms. The summed E-state index contributed by atoms with van der Waals surface area (Å²) in [5.74, 6) is -2.83. The fourth-order valence-electron chi connectivity index (χ4n) is 2.24. The monoisotopic (exact) mass is 266 g/mol. The lowest BCUT2D eigenvalue weighted by molar-refractivity contribution is -0.192. The van der Waals surface area contributed by atoms with Crippen molar-refractivity contribution in [3.05, 3.63) is 0 Å². The third-order valence-electron chi connectivity index (χ3n) is 3.37. The standard InChI is InChI=1S/C10H18O8/c11-3-6(13)8(15)4-1-10(18,9(16)17)2-5(12)7(4)14/h4-8,11-15,18H,1-3H2,(H,16,17). The molecule has 0 aromatic carbocycles. The number of aliphatic hydroxyl groups is 6. The van der Waals surface area contributed by atoms with Gasteiger partial charge in [-0.15, -0.1) is 0 Å². The average Bonchev–Trinajstić information content (AvgIpc) is 2.31. The van der Waals surface area contributed by atoms with Gasteiger partial charge in [-0.25, -0.2) is 4.79 Å². The molecule has 0 bridgehead atoms. The Morgan fingerprint density at radius 2 is 1.83 bits per heavy atom. The van der Waals surface area contributed by atoms with Crippen LogP contribution in [0.1, 0.15) is 12.8 Å². The molecule has 0 spiro atoms. The van der Waals surface area contributed by atoms with Gasteiger partial charge in [0.2, 0.25) is 0 Å². The first-order valence-corrected chi connectivity index (χ1v) is 5.52. The van der Waals surface area contributed by atoms with Gasteiger partial charge in [-0.05, 0) is 6.42 Å². The largest absolute Gasteiger partial charge is 0.479 e. The number of aliphatic carboxylic acids is 1. The Labute approximate surface area is 103 Å². The molecule has 1 fully saturated rings. The minimum atomic E-state index is -2.28. The van der Waals surface area contributed by atoms with E-state index in [9.17, 15) is 30.3 Å². The van der Waals surface area contributed by atoms with Crippen molar-refractivity contribution in [1.82, 2.24) is 0 Å². The van der Waals surface area contributed by atoms with Crippen molar-refractivity contribution in [3.63, 3.8) is 0 Å². The minimum absolute atomic E-state index is 0.529. The molecule has 1 aliphatic rings. The van der Waals surface area contributed by atoms with Gasteiger partial charge in [0, 0.05) is 12.3 Å². The average molecular weight is 266 g/mol. The Hall–Kier alpha value is -0.770. The van der Waals surface area contributed by atoms with E-state index in [-0.39, 0.29) is 0 Å². The third kappa shape index (κ3) is 2.79. The maximum Gasteiger partial charge on any atom is 0.335 e. The Morgan fingerprint density at radius 3 is 2.28 bits per heavy atom. The first-order valence-electron chi connectivity index (χ1n) is 5.52. The zero-order valence-electron chi connectivity index (χ0n) is 9.55. The molecule has 6 atom stereocenters. The summed E-state index contributed by atoms with van der Waals surface area (Å²) in [6, 6.07) is 0. The molecule has 18 heavy (non-hydrogen) atoms. The zero-order chi connectivity index (χ0) is 14.1. The highest BCUT2D eigenvalue weighted by Crippen LogP contribution is 2.35. The number of carbonyl (C=O) groups is 1. The third-order valence-corrected chi connectivity index (χ3v) is 3.37. The van der Waals surface area contributed by atoms with Crippen molar-refractivity contribution >= 4 is 5.97 Å². The van der Waals surface area contributed by atoms with E-state index in [1.54, 1.807) is 0 Å². The summed E-state index contributed by atoms with van der Waals surface area (Å²) >= 11 is 0. The summed E-state index contributed by atoms with van der Waals surface area (Å²) in [6.07, 6.45) is -7.36. The normalized spacial score (nSPS) is 40.2. The first-order chi connectivity index (χ1) is 8.23. The number of aliphatic hydroxyl groups excluding tert-OH is 5. The van der Waals surface area contributed by atoms with E-state index in [4.69, 9.17) is 10.2 Å². The molecule has 1 aliphatic carbocycles. The number of hydrogen-bond donors (Lipinski definition) is 7. The molecular weight excluding hydrogens is 248 g/mol. The van der Waals surface area contributed by atoms with Crippen molar-refractivity contribution in [2.24, 2.45) is 5.92 Å². The second-order valence-electron chi connectivity index (χ2n) is 4.71. The molecule has 106 valence electrons. The number of rotatable bonds is 4. The van der Waals surface area contributed by atoms with Crippen molar-refractivity contribution in [2.75, 3.05) is 6.61 Å². The van der Waals surface area contributed by atoms with Crippen LogP contribution in [-0.2, 0) is 4.79 Å². The van der Waals surface area contributed by atoms with Crippen LogP contribution in [0, 0.1) is 5.92 Å². The molecule has 0 aromatic heterocycles. The SMILES string of the molecule is O=C(O)C1(O)CC(O)C(O)C(C(O)C(O)CO)C1. The lowest BCUT2D eigenvalue weighted by Gasteiger charge is -2.42. The summed E-state index contributed by atoms with van der Waals surface area (Å²) < 4.78 is 0. The van der Waals surface area contributed by atoms with E-state index in [0.717, 1.165) is 0 Å². The smallest absolute Gasteiger partial charge is 0.335 e. The maximum absolute atomic E-state index is 10.9. The van der Waals surface area contributed by atoms with Crippen LogP contribution in [0.3, 0.4) is 0 Å². The van der Waals surface area contributed by atoms with Gasteiger partial charge in [0.25, 0.3) is 0 Å². The Kier molecular flexibility index (Phi) is 4.65. The Morgan fingerprint density at radius 1 is 1.28 bits per heavy atom. The Balaban J connectivity index is 2.92. The van der Waals surface area contributed by atoms with Crippen LogP contribution in [-0.4, -0.2) is 78.3 Å². The quantitative estimate of drug-likeness (QED) is 0.278. The Bertz CT molecular complexity index is 308. The molecule has 7 N–H and O–H groups in total. The van der Waals surface area contributed by atoms with Crippen molar-refractivity contribution in [3.8, 4) is 0 Å². The molecule has 0 aromatic rings. The summed E-state index contributed by atoms with van der Waals surface area (Å²) in [6.45, 7) is -0.786. The second kappa shape index (κ2) is 5.47. The van der Waals surface area contributed by atoms with E-state index < -0.39 is 61.4 Å². The second-order valence-corrected chi connectivity index (χ2v) is 4.71. The fourth-order valence-corrected chi connectivity index (χ4v) is 2.24. The number of carboxylic acids is 1. The van der Waals surface area contributed by atoms with Gasteiger partial charge in [-0.3, -0.25) is 0 Å². The van der Waals surface area contributed by atoms with Gasteiger partial charge in [-0.1, -0.05) is 0 Å². The van der Waals surface area contributed by atoms with Gasteiger partial charge in [0.15, 0.2) is 5.60 Å². The zero-order valence-corrected chi connectivity index (χ0v) is 9.55. The van der Waals surface area contributed by atoms with Crippen LogP contribution >= 0.6 is 0 Å². The van der Waals surface area contributed by atoms with E-state index >= 15 is 0 Å². The van der Waals surface area contributed by atoms with Gasteiger partial charge >= 0.3 is 5.97 Å². The van der Waals surface area contributed by atoms with Crippen molar-refractivity contribution < 1.29 is 40.5 Å². The first kappa shape index (κ1) is 15.3. The molecule has 0 saturated heterocycles. The van der Waals surface area contributed by atoms with Gasteiger partial charge in [0.1, 0.15) is 6.10 Å². The van der Waals surface area contributed by atoms with E-state index in [0.29, 0.717) is 0 Å².